The molecule has 6 rings (SSSR count). The van der Waals surface area contributed by atoms with E-state index in [-0.39, 0.29) is 30.0 Å². The lowest BCUT2D eigenvalue weighted by Gasteiger charge is -2.45. The van der Waals surface area contributed by atoms with E-state index in [4.69, 9.17) is 14.2 Å². The van der Waals surface area contributed by atoms with Crippen LogP contribution in [0.1, 0.15) is 73.1 Å². The predicted octanol–water partition coefficient (Wildman–Crippen LogP) is 4.30. The molecule has 2 aliphatic carbocycles. The molecule has 4 aliphatic rings. The Bertz CT molecular complexity index is 2080. The molecule has 57 heavy (non-hydrogen) atoms. The molecule has 1 saturated heterocycles. The maximum Gasteiger partial charge on any atom is 0.411 e. The Kier molecular flexibility index (Phi) is 11.0. The van der Waals surface area contributed by atoms with Crippen LogP contribution in [0.4, 0.5) is 18.0 Å². The van der Waals surface area contributed by atoms with Crippen molar-refractivity contribution in [2.24, 2.45) is 5.92 Å². The first-order valence-electron chi connectivity index (χ1n) is 18.7. The van der Waals surface area contributed by atoms with Crippen molar-refractivity contribution < 1.29 is 60.1 Å². The number of amides is 4. The van der Waals surface area contributed by atoms with Crippen molar-refractivity contribution in [2.75, 3.05) is 13.7 Å². The minimum Gasteiger partial charge on any atom is -0.497 e. The zero-order valence-corrected chi connectivity index (χ0v) is 33.3. The average Bonchev–Trinajstić information content (AvgIpc) is 4.01. The summed E-state index contributed by atoms with van der Waals surface area (Å²) in [5.41, 5.74) is -4.85. The van der Waals surface area contributed by atoms with Crippen LogP contribution in [0.15, 0.2) is 42.6 Å². The number of rotatable bonds is 8. The van der Waals surface area contributed by atoms with Gasteiger partial charge in [-0.2, -0.15) is 13.2 Å². The first kappa shape index (κ1) is 42.0. The van der Waals surface area contributed by atoms with Gasteiger partial charge in [-0.05, 0) is 96.4 Å². The highest BCUT2D eigenvalue weighted by Crippen LogP contribution is 2.48. The van der Waals surface area contributed by atoms with Crippen molar-refractivity contribution in [1.82, 2.24) is 24.8 Å². The zero-order chi connectivity index (χ0) is 41.9. The van der Waals surface area contributed by atoms with Gasteiger partial charge in [-0.25, -0.2) is 18.2 Å². The SMILES string of the molecule is COc1ccc2c(O[C@@H]3C[C@H]4C(=O)N[C@]5(C(=O)NS(=O)(=O)C6(C)CC6)C[C@H]5/C=C\CC[C@@H](C)O[C@@H](C)[C@H](N(C(=O)O)C(C)(C)C(F)(F)F)C(=O)N4C3)nccc2c1. The van der Waals surface area contributed by atoms with Crippen molar-refractivity contribution in [2.45, 2.75) is 126 Å². The van der Waals surface area contributed by atoms with Gasteiger partial charge >= 0.3 is 12.3 Å². The summed E-state index contributed by atoms with van der Waals surface area (Å²) in [6.45, 7) is 5.31. The number of allylic oxidation sites excluding steroid dienone is 1. The van der Waals surface area contributed by atoms with Crippen LogP contribution in [0.3, 0.4) is 0 Å². The van der Waals surface area contributed by atoms with E-state index in [2.05, 4.69) is 15.0 Å². The topological polar surface area (TPSA) is 194 Å². The van der Waals surface area contributed by atoms with E-state index < -0.39 is 98.7 Å². The van der Waals surface area contributed by atoms with E-state index in [1.807, 2.05) is 0 Å². The highest BCUT2D eigenvalue weighted by Gasteiger charge is 2.64. The molecule has 0 bridgehead atoms. The average molecular weight is 824 g/mol. The molecular formula is C38H48F3N5O10S. The number of nitrogens with zero attached hydrogens (tertiary/aromatic N) is 3. The minimum atomic E-state index is -5.15. The lowest BCUT2D eigenvalue weighted by molar-refractivity contribution is -0.225. The summed E-state index contributed by atoms with van der Waals surface area (Å²) in [6.07, 6.45) is -4.37. The minimum absolute atomic E-state index is 0.0166. The number of sulfonamides is 1. The van der Waals surface area contributed by atoms with E-state index in [9.17, 15) is 45.9 Å². The van der Waals surface area contributed by atoms with Gasteiger partial charge in [-0.1, -0.05) is 12.2 Å². The summed E-state index contributed by atoms with van der Waals surface area (Å²) in [6, 6.07) is 3.19. The summed E-state index contributed by atoms with van der Waals surface area (Å²) in [7, 11) is -2.63. The Morgan fingerprint density at radius 2 is 1.86 bits per heavy atom. The second-order valence-corrected chi connectivity index (χ2v) is 18.3. The maximum absolute atomic E-state index is 14.9. The molecule has 19 heteroatoms. The van der Waals surface area contributed by atoms with Crippen LogP contribution in [-0.2, 0) is 29.1 Å². The number of aromatic nitrogens is 1. The molecule has 3 heterocycles. The number of pyridine rings is 1. The molecule has 2 aromatic rings. The number of fused-ring (bicyclic) bond motifs is 3. The highest BCUT2D eigenvalue weighted by molar-refractivity contribution is 7.91. The molecule has 3 N–H and O–H groups in total. The van der Waals surface area contributed by atoms with Crippen LogP contribution in [0.5, 0.6) is 11.6 Å². The molecule has 4 amide bonds. The predicted molar refractivity (Wildman–Crippen MR) is 199 cm³/mol. The van der Waals surface area contributed by atoms with Crippen LogP contribution in [0.2, 0.25) is 0 Å². The largest absolute Gasteiger partial charge is 0.497 e. The maximum atomic E-state index is 14.9. The second-order valence-electron chi connectivity index (χ2n) is 16.2. The van der Waals surface area contributed by atoms with Gasteiger partial charge in [0.25, 0.3) is 5.91 Å². The lowest BCUT2D eigenvalue weighted by Crippen LogP contribution is -2.67. The van der Waals surface area contributed by atoms with Crippen molar-refractivity contribution in [3.05, 3.63) is 42.6 Å². The number of benzene rings is 1. The van der Waals surface area contributed by atoms with E-state index in [0.29, 0.717) is 49.6 Å². The fourth-order valence-electron chi connectivity index (χ4n) is 7.58. The van der Waals surface area contributed by atoms with E-state index >= 15 is 0 Å². The monoisotopic (exact) mass is 823 g/mol. The number of carboxylic acid groups (broad SMARTS) is 1. The summed E-state index contributed by atoms with van der Waals surface area (Å²) < 4.78 is 88.9. The molecule has 312 valence electrons. The number of hydrogen-bond donors (Lipinski definition) is 3. The summed E-state index contributed by atoms with van der Waals surface area (Å²) >= 11 is 0. The lowest BCUT2D eigenvalue weighted by atomic mass is 9.96. The van der Waals surface area contributed by atoms with Gasteiger partial charge in [0.1, 0.15) is 35.0 Å². The number of methoxy groups -OCH3 is 1. The third-order valence-corrected chi connectivity index (χ3v) is 13.9. The quantitative estimate of drug-likeness (QED) is 0.322. The Hall–Kier alpha value is -4.65. The van der Waals surface area contributed by atoms with Gasteiger partial charge in [0.15, 0.2) is 0 Å². The first-order chi connectivity index (χ1) is 26.5. The summed E-state index contributed by atoms with van der Waals surface area (Å²) in [5, 5.41) is 14.3. The molecule has 7 atom stereocenters. The Balaban J connectivity index is 1.42. The Labute approximate surface area is 328 Å². The van der Waals surface area contributed by atoms with Gasteiger partial charge in [0.05, 0.1) is 30.6 Å². The fourth-order valence-corrected chi connectivity index (χ4v) is 8.89. The van der Waals surface area contributed by atoms with E-state index in [1.54, 1.807) is 43.3 Å². The van der Waals surface area contributed by atoms with Gasteiger partial charge in [-0.3, -0.25) is 24.0 Å². The Morgan fingerprint density at radius 1 is 1.16 bits per heavy atom. The number of carbonyl (C=O) groups is 4. The van der Waals surface area contributed by atoms with Gasteiger partial charge in [0.2, 0.25) is 27.7 Å². The molecule has 0 unspecified atom stereocenters. The van der Waals surface area contributed by atoms with Gasteiger partial charge in [-0.15, -0.1) is 0 Å². The first-order valence-corrected chi connectivity index (χ1v) is 20.2. The number of ether oxygens (including phenoxy) is 3. The number of carbonyl (C=O) groups excluding carboxylic acids is 3. The Morgan fingerprint density at radius 3 is 2.49 bits per heavy atom. The standard InChI is InChI=1S/C38H48F3N5O10S/c1-21-9-7-8-10-24-19-37(24,33(49)44-57(52,53)36(5)14-15-36)43-30(47)28-18-26(56-31-27-12-11-25(54-6)17-23(27)13-16-42-31)20-45(28)32(48)29(22(2)55-21)46(34(50)51)35(3,4)38(39,40)41/h8,10-13,16-17,21-22,24,26,28-29H,7,9,14-15,18-20H2,1-6H3,(H,43,47)(H,44,49)(H,50,51)/b10-8-/t21-,22+,24-,26-,28+,29+,37-/m1/s1. The second kappa shape index (κ2) is 14.9. The van der Waals surface area contributed by atoms with Crippen LogP contribution in [-0.4, -0.2) is 118 Å². The number of nitrogens with one attached hydrogen (secondary N) is 2. The third-order valence-electron chi connectivity index (χ3n) is 11.7. The molecule has 2 aliphatic heterocycles. The smallest absolute Gasteiger partial charge is 0.411 e. The third kappa shape index (κ3) is 7.96. The number of alkyl halides is 3. The molecule has 0 radical (unpaired) electrons. The van der Waals surface area contributed by atoms with Crippen molar-refractivity contribution in [3.63, 3.8) is 0 Å². The van der Waals surface area contributed by atoms with Crippen LogP contribution in [0.25, 0.3) is 10.8 Å². The van der Waals surface area contributed by atoms with Gasteiger partial charge < -0.3 is 29.5 Å². The van der Waals surface area contributed by atoms with Crippen molar-refractivity contribution in [3.8, 4) is 11.6 Å². The van der Waals surface area contributed by atoms with Crippen LogP contribution in [0, 0.1) is 5.92 Å². The van der Waals surface area contributed by atoms with Crippen LogP contribution >= 0.6 is 0 Å². The van der Waals surface area contributed by atoms with Crippen molar-refractivity contribution >= 4 is 44.6 Å². The molecular weight excluding hydrogens is 776 g/mol. The fraction of sp³-hybridized carbons (Fsp3) is 0.605. The zero-order valence-electron chi connectivity index (χ0n) is 32.5. The molecule has 3 fully saturated rings. The number of halogens is 3. The highest BCUT2D eigenvalue weighted by atomic mass is 32.2. The molecule has 0 spiro atoms. The molecule has 1 aromatic heterocycles. The molecule has 15 nitrogen and oxygen atoms in total. The summed E-state index contributed by atoms with van der Waals surface area (Å²) in [4.78, 5) is 61.4. The van der Waals surface area contributed by atoms with E-state index in [1.165, 1.54) is 27.2 Å². The summed E-state index contributed by atoms with van der Waals surface area (Å²) in [5.74, 6) is -3.01. The van der Waals surface area contributed by atoms with Crippen LogP contribution < -0.4 is 19.5 Å². The van der Waals surface area contributed by atoms with Gasteiger partial charge in [0, 0.05) is 23.9 Å². The van der Waals surface area contributed by atoms with E-state index in [0.717, 1.165) is 4.90 Å². The number of hydrogen-bond acceptors (Lipinski definition) is 10. The normalized spacial score (nSPS) is 29.8. The van der Waals surface area contributed by atoms with Crippen molar-refractivity contribution in [1.29, 1.82) is 0 Å². The molecule has 2 saturated carbocycles. The molecule has 1 aromatic carbocycles.